The standard InChI is InChI=1S/C19H32N4O/c1-14(2)22-19(20-3)21-13-16-7-6-12-23(4)18(16)15-8-10-17(24-5)11-9-15/h8-11,14,16,18H,6-7,12-13H2,1-5H3,(H2,20,21,22). The molecule has 0 radical (unpaired) electrons. The zero-order chi connectivity index (χ0) is 17.5. The van der Waals surface area contributed by atoms with Gasteiger partial charge in [-0.2, -0.15) is 0 Å². The fourth-order valence-electron chi connectivity index (χ4n) is 3.50. The summed E-state index contributed by atoms with van der Waals surface area (Å²) < 4.78 is 5.29. The molecule has 24 heavy (non-hydrogen) atoms. The van der Waals surface area contributed by atoms with Crippen molar-refractivity contribution < 1.29 is 4.74 Å². The van der Waals surface area contributed by atoms with Crippen LogP contribution in [0, 0.1) is 5.92 Å². The summed E-state index contributed by atoms with van der Waals surface area (Å²) >= 11 is 0. The molecule has 1 aromatic carbocycles. The molecule has 0 spiro atoms. The minimum absolute atomic E-state index is 0.377. The SMILES string of the molecule is CN=C(NCC1CCCN(C)C1c1ccc(OC)cc1)NC(C)C. The van der Waals surface area contributed by atoms with E-state index in [1.807, 2.05) is 7.05 Å². The first-order chi connectivity index (χ1) is 11.5. The van der Waals surface area contributed by atoms with Crippen molar-refractivity contribution in [3.63, 3.8) is 0 Å². The monoisotopic (exact) mass is 332 g/mol. The number of ether oxygens (including phenoxy) is 1. The van der Waals surface area contributed by atoms with Gasteiger partial charge in [-0.3, -0.25) is 9.89 Å². The molecule has 5 nitrogen and oxygen atoms in total. The number of hydrogen-bond donors (Lipinski definition) is 2. The number of guanidine groups is 1. The highest BCUT2D eigenvalue weighted by atomic mass is 16.5. The Bertz CT molecular complexity index is 527. The number of nitrogens with zero attached hydrogens (tertiary/aromatic N) is 2. The van der Waals surface area contributed by atoms with E-state index in [9.17, 15) is 0 Å². The molecule has 134 valence electrons. The van der Waals surface area contributed by atoms with Crippen LogP contribution in [0.15, 0.2) is 29.3 Å². The molecule has 2 N–H and O–H groups in total. The van der Waals surface area contributed by atoms with E-state index in [0.717, 1.165) is 24.8 Å². The van der Waals surface area contributed by atoms with Crippen LogP contribution in [0.5, 0.6) is 5.75 Å². The molecule has 2 rings (SSSR count). The first-order valence-electron chi connectivity index (χ1n) is 8.86. The Kier molecular flexibility index (Phi) is 6.91. The van der Waals surface area contributed by atoms with E-state index >= 15 is 0 Å². The van der Waals surface area contributed by atoms with Crippen LogP contribution in [0.1, 0.15) is 38.3 Å². The lowest BCUT2D eigenvalue weighted by atomic mass is 9.85. The number of methoxy groups -OCH3 is 1. The van der Waals surface area contributed by atoms with Crippen molar-refractivity contribution in [3.05, 3.63) is 29.8 Å². The summed E-state index contributed by atoms with van der Waals surface area (Å²) in [7, 11) is 5.76. The third kappa shape index (κ3) is 4.87. The van der Waals surface area contributed by atoms with E-state index in [2.05, 4.69) is 65.7 Å². The van der Waals surface area contributed by atoms with Gasteiger partial charge in [-0.1, -0.05) is 12.1 Å². The molecule has 0 saturated carbocycles. The number of hydrogen-bond acceptors (Lipinski definition) is 3. The second-order valence-corrected chi connectivity index (χ2v) is 6.85. The summed E-state index contributed by atoms with van der Waals surface area (Å²) in [5.41, 5.74) is 1.36. The molecule has 5 heteroatoms. The predicted molar refractivity (Wildman–Crippen MR) is 101 cm³/mol. The molecule has 1 aromatic rings. The van der Waals surface area contributed by atoms with Crippen molar-refractivity contribution in [2.75, 3.05) is 34.3 Å². The summed E-state index contributed by atoms with van der Waals surface area (Å²) in [5.74, 6) is 2.35. The molecule has 1 saturated heterocycles. The smallest absolute Gasteiger partial charge is 0.191 e. The van der Waals surface area contributed by atoms with Gasteiger partial charge in [0.25, 0.3) is 0 Å². The highest BCUT2D eigenvalue weighted by Crippen LogP contribution is 2.35. The van der Waals surface area contributed by atoms with Gasteiger partial charge in [-0.25, -0.2) is 0 Å². The van der Waals surface area contributed by atoms with E-state index in [-0.39, 0.29) is 0 Å². The fourth-order valence-corrected chi connectivity index (χ4v) is 3.50. The normalized spacial score (nSPS) is 22.5. The summed E-state index contributed by atoms with van der Waals surface area (Å²) in [6.07, 6.45) is 2.47. The minimum Gasteiger partial charge on any atom is -0.497 e. The lowest BCUT2D eigenvalue weighted by Crippen LogP contribution is -2.46. The van der Waals surface area contributed by atoms with Crippen LogP contribution in [0.3, 0.4) is 0 Å². The van der Waals surface area contributed by atoms with Gasteiger partial charge in [0.1, 0.15) is 5.75 Å². The third-order valence-electron chi connectivity index (χ3n) is 4.65. The van der Waals surface area contributed by atoms with Crippen molar-refractivity contribution in [2.24, 2.45) is 10.9 Å². The largest absolute Gasteiger partial charge is 0.497 e. The topological polar surface area (TPSA) is 48.9 Å². The molecule has 0 amide bonds. The van der Waals surface area contributed by atoms with Gasteiger partial charge in [0.2, 0.25) is 0 Å². The Hall–Kier alpha value is -1.75. The number of likely N-dealkylation sites (tertiary alicyclic amines) is 1. The Balaban J connectivity index is 2.07. The van der Waals surface area contributed by atoms with Crippen LogP contribution in [0.2, 0.25) is 0 Å². The van der Waals surface area contributed by atoms with E-state index in [1.165, 1.54) is 18.4 Å². The molecule has 1 fully saturated rings. The summed E-state index contributed by atoms with van der Waals surface area (Å²) in [4.78, 5) is 6.78. The molecule has 0 aliphatic carbocycles. The Labute approximate surface area is 146 Å². The molecule has 0 bridgehead atoms. The highest BCUT2D eigenvalue weighted by molar-refractivity contribution is 5.79. The van der Waals surface area contributed by atoms with Crippen LogP contribution < -0.4 is 15.4 Å². The number of aliphatic imine (C=N–C) groups is 1. The highest BCUT2D eigenvalue weighted by Gasteiger charge is 2.30. The van der Waals surface area contributed by atoms with Gasteiger partial charge >= 0.3 is 0 Å². The average molecular weight is 332 g/mol. The van der Waals surface area contributed by atoms with Gasteiger partial charge < -0.3 is 15.4 Å². The molecule has 1 aliphatic heterocycles. The van der Waals surface area contributed by atoms with Crippen LogP contribution in [0.4, 0.5) is 0 Å². The second-order valence-electron chi connectivity index (χ2n) is 6.85. The number of piperidine rings is 1. The van der Waals surface area contributed by atoms with Crippen molar-refractivity contribution in [2.45, 2.75) is 38.8 Å². The van der Waals surface area contributed by atoms with Crippen molar-refractivity contribution in [3.8, 4) is 5.75 Å². The first kappa shape index (κ1) is 18.6. The van der Waals surface area contributed by atoms with Crippen molar-refractivity contribution in [1.29, 1.82) is 0 Å². The summed E-state index contributed by atoms with van der Waals surface area (Å²) in [5, 5.41) is 6.86. The molecule has 2 unspecified atom stereocenters. The zero-order valence-corrected chi connectivity index (χ0v) is 15.7. The van der Waals surface area contributed by atoms with Crippen LogP contribution in [-0.4, -0.2) is 51.2 Å². The quantitative estimate of drug-likeness (QED) is 0.643. The lowest BCUT2D eigenvalue weighted by molar-refractivity contribution is 0.122. The van der Waals surface area contributed by atoms with Crippen molar-refractivity contribution >= 4 is 5.96 Å². The second kappa shape index (κ2) is 8.92. The molecule has 1 heterocycles. The maximum atomic E-state index is 5.29. The Morgan fingerprint density at radius 3 is 2.62 bits per heavy atom. The number of nitrogens with one attached hydrogen (secondary N) is 2. The van der Waals surface area contributed by atoms with Crippen LogP contribution in [-0.2, 0) is 0 Å². The fraction of sp³-hybridized carbons (Fsp3) is 0.632. The van der Waals surface area contributed by atoms with Gasteiger partial charge in [0, 0.05) is 25.7 Å². The van der Waals surface area contributed by atoms with Gasteiger partial charge in [-0.15, -0.1) is 0 Å². The van der Waals surface area contributed by atoms with Gasteiger partial charge in [0.15, 0.2) is 5.96 Å². The molecule has 2 atom stereocenters. The van der Waals surface area contributed by atoms with Crippen molar-refractivity contribution in [1.82, 2.24) is 15.5 Å². The molecule has 0 aromatic heterocycles. The Morgan fingerprint density at radius 1 is 1.33 bits per heavy atom. The van der Waals surface area contributed by atoms with Crippen LogP contribution in [0.25, 0.3) is 0 Å². The van der Waals surface area contributed by atoms with E-state index in [1.54, 1.807) is 7.11 Å². The Morgan fingerprint density at radius 2 is 2.04 bits per heavy atom. The molecular weight excluding hydrogens is 300 g/mol. The third-order valence-corrected chi connectivity index (χ3v) is 4.65. The first-order valence-corrected chi connectivity index (χ1v) is 8.86. The maximum Gasteiger partial charge on any atom is 0.191 e. The zero-order valence-electron chi connectivity index (χ0n) is 15.7. The van der Waals surface area contributed by atoms with Gasteiger partial charge in [-0.05, 0) is 63.9 Å². The van der Waals surface area contributed by atoms with E-state index < -0.39 is 0 Å². The number of benzene rings is 1. The minimum atomic E-state index is 0.377. The van der Waals surface area contributed by atoms with Crippen LogP contribution >= 0.6 is 0 Å². The van der Waals surface area contributed by atoms with Gasteiger partial charge in [0.05, 0.1) is 7.11 Å². The lowest BCUT2D eigenvalue weighted by Gasteiger charge is -2.40. The summed E-state index contributed by atoms with van der Waals surface area (Å²) in [6.45, 7) is 6.32. The molecular formula is C19H32N4O. The summed E-state index contributed by atoms with van der Waals surface area (Å²) in [6, 6.07) is 9.30. The van der Waals surface area contributed by atoms with E-state index in [4.69, 9.17) is 4.74 Å². The maximum absolute atomic E-state index is 5.29. The average Bonchev–Trinajstić information content (AvgIpc) is 2.58. The molecule has 1 aliphatic rings. The predicted octanol–water partition coefficient (Wildman–Crippen LogP) is 2.65. The number of rotatable bonds is 5. The van der Waals surface area contributed by atoms with E-state index in [0.29, 0.717) is 18.0 Å².